The van der Waals surface area contributed by atoms with E-state index < -0.39 is 0 Å². The molecule has 2 nitrogen and oxygen atoms in total. The summed E-state index contributed by atoms with van der Waals surface area (Å²) in [5, 5.41) is 0. The minimum absolute atomic E-state index is 0.682. The van der Waals surface area contributed by atoms with Crippen LogP contribution in [0.2, 0.25) is 0 Å². The molecule has 0 amide bonds. The van der Waals surface area contributed by atoms with Gasteiger partial charge >= 0.3 is 0 Å². The highest BCUT2D eigenvalue weighted by atomic mass is 32.2. The van der Waals surface area contributed by atoms with Crippen LogP contribution in [0.3, 0.4) is 0 Å². The van der Waals surface area contributed by atoms with Crippen LogP contribution < -0.4 is 10.6 Å². The fraction of sp³-hybridized carbons (Fsp3) is 0.455. The van der Waals surface area contributed by atoms with Crippen LogP contribution in [0.4, 0.5) is 11.4 Å². The van der Waals surface area contributed by atoms with E-state index in [2.05, 4.69) is 18.0 Å². The maximum atomic E-state index is 5.76. The number of rotatable bonds is 2. The van der Waals surface area contributed by atoms with Gasteiger partial charge in [0.15, 0.2) is 0 Å². The lowest BCUT2D eigenvalue weighted by Gasteiger charge is -2.26. The number of nitrogens with two attached hydrogens (primary N) is 1. The zero-order valence-electron chi connectivity index (χ0n) is 8.44. The molecule has 1 unspecified atom stereocenters. The van der Waals surface area contributed by atoms with Gasteiger partial charge in [-0.1, -0.05) is 6.07 Å². The largest absolute Gasteiger partial charge is 0.399 e. The van der Waals surface area contributed by atoms with Crippen LogP contribution >= 0.6 is 11.8 Å². The molecule has 0 aliphatic carbocycles. The van der Waals surface area contributed by atoms with Crippen LogP contribution in [0.25, 0.3) is 0 Å². The van der Waals surface area contributed by atoms with Crippen molar-refractivity contribution in [1.82, 2.24) is 0 Å². The van der Waals surface area contributed by atoms with Crippen LogP contribution in [-0.4, -0.2) is 24.6 Å². The van der Waals surface area contributed by atoms with Crippen molar-refractivity contribution in [2.45, 2.75) is 12.5 Å². The second-order valence-corrected chi connectivity index (χ2v) is 4.87. The van der Waals surface area contributed by atoms with Crippen molar-refractivity contribution in [2.75, 3.05) is 29.2 Å². The quantitative estimate of drug-likeness (QED) is 0.756. The molecule has 76 valence electrons. The van der Waals surface area contributed by atoms with E-state index in [4.69, 9.17) is 5.73 Å². The molecule has 2 N–H and O–H groups in total. The minimum atomic E-state index is 0.682. The molecule has 0 saturated carbocycles. The average Bonchev–Trinajstić information content (AvgIpc) is 2.69. The summed E-state index contributed by atoms with van der Waals surface area (Å²) in [7, 11) is 2.16. The average molecular weight is 208 g/mol. The maximum Gasteiger partial charge on any atom is 0.0387 e. The Kier molecular flexibility index (Phi) is 2.87. The van der Waals surface area contributed by atoms with Gasteiger partial charge in [-0.15, -0.1) is 0 Å². The molecule has 14 heavy (non-hydrogen) atoms. The van der Waals surface area contributed by atoms with E-state index >= 15 is 0 Å². The lowest BCUT2D eigenvalue weighted by Crippen LogP contribution is -2.31. The third-order valence-corrected chi connectivity index (χ3v) is 3.88. The molecule has 1 aliphatic heterocycles. The Labute approximate surface area is 89.5 Å². The van der Waals surface area contributed by atoms with Crippen molar-refractivity contribution < 1.29 is 0 Å². The van der Waals surface area contributed by atoms with Gasteiger partial charge in [0.2, 0.25) is 0 Å². The van der Waals surface area contributed by atoms with Crippen LogP contribution in [0.15, 0.2) is 24.3 Å². The van der Waals surface area contributed by atoms with Crippen LogP contribution in [0, 0.1) is 0 Å². The Bertz CT molecular complexity index is 308. The van der Waals surface area contributed by atoms with Crippen molar-refractivity contribution in [2.24, 2.45) is 0 Å². The number of hydrogen-bond donors (Lipinski definition) is 1. The predicted molar refractivity (Wildman–Crippen MR) is 65.0 cm³/mol. The lowest BCUT2D eigenvalue weighted by atomic mass is 10.2. The molecule has 0 aromatic heterocycles. The van der Waals surface area contributed by atoms with E-state index in [0.29, 0.717) is 6.04 Å². The van der Waals surface area contributed by atoms with Gasteiger partial charge in [-0.2, -0.15) is 11.8 Å². The molecular formula is C11H16N2S. The molecule has 1 aromatic carbocycles. The van der Waals surface area contributed by atoms with Crippen molar-refractivity contribution in [3.8, 4) is 0 Å². The second kappa shape index (κ2) is 4.13. The molecule has 1 fully saturated rings. The number of nitrogens with zero attached hydrogens (tertiary/aromatic N) is 1. The van der Waals surface area contributed by atoms with Crippen molar-refractivity contribution in [3.05, 3.63) is 24.3 Å². The van der Waals surface area contributed by atoms with Gasteiger partial charge in [0.25, 0.3) is 0 Å². The van der Waals surface area contributed by atoms with Gasteiger partial charge in [0.05, 0.1) is 0 Å². The Morgan fingerprint density at radius 1 is 1.50 bits per heavy atom. The third kappa shape index (κ3) is 1.98. The molecule has 0 spiro atoms. The van der Waals surface area contributed by atoms with Crippen molar-refractivity contribution in [1.29, 1.82) is 0 Å². The highest BCUT2D eigenvalue weighted by molar-refractivity contribution is 7.99. The van der Waals surface area contributed by atoms with E-state index in [9.17, 15) is 0 Å². The van der Waals surface area contributed by atoms with E-state index in [1.54, 1.807) is 0 Å². The highest BCUT2D eigenvalue weighted by Crippen LogP contribution is 2.26. The summed E-state index contributed by atoms with van der Waals surface area (Å²) >= 11 is 2.04. The Morgan fingerprint density at radius 2 is 2.36 bits per heavy atom. The first kappa shape index (κ1) is 9.71. The van der Waals surface area contributed by atoms with Gasteiger partial charge in [0, 0.05) is 30.2 Å². The monoisotopic (exact) mass is 208 g/mol. The summed E-state index contributed by atoms with van der Waals surface area (Å²) in [6, 6.07) is 8.80. The molecule has 1 aliphatic rings. The Hall–Kier alpha value is -0.830. The van der Waals surface area contributed by atoms with Gasteiger partial charge in [0.1, 0.15) is 0 Å². The lowest BCUT2D eigenvalue weighted by molar-refractivity contribution is 0.700. The van der Waals surface area contributed by atoms with Gasteiger partial charge in [-0.3, -0.25) is 0 Å². The summed E-state index contributed by atoms with van der Waals surface area (Å²) in [6.07, 6.45) is 1.29. The fourth-order valence-electron chi connectivity index (χ4n) is 1.78. The summed E-state index contributed by atoms with van der Waals surface area (Å²) in [5.74, 6) is 2.53. The summed E-state index contributed by atoms with van der Waals surface area (Å²) in [4.78, 5) is 2.34. The normalized spacial score (nSPS) is 21.1. The van der Waals surface area contributed by atoms with Crippen LogP contribution in [0.5, 0.6) is 0 Å². The molecule has 1 saturated heterocycles. The first-order valence-electron chi connectivity index (χ1n) is 4.93. The fourth-order valence-corrected chi connectivity index (χ4v) is 3.05. The molecular weight excluding hydrogens is 192 g/mol. The maximum absolute atomic E-state index is 5.76. The summed E-state index contributed by atoms with van der Waals surface area (Å²) < 4.78 is 0. The first-order chi connectivity index (χ1) is 6.77. The highest BCUT2D eigenvalue weighted by Gasteiger charge is 2.20. The molecule has 0 radical (unpaired) electrons. The number of nitrogen functional groups attached to an aromatic ring is 1. The zero-order valence-corrected chi connectivity index (χ0v) is 9.26. The van der Waals surface area contributed by atoms with Gasteiger partial charge in [-0.25, -0.2) is 0 Å². The summed E-state index contributed by atoms with van der Waals surface area (Å²) in [6.45, 7) is 0. The van der Waals surface area contributed by atoms with E-state index in [-0.39, 0.29) is 0 Å². The number of thioether (sulfide) groups is 1. The number of hydrogen-bond acceptors (Lipinski definition) is 3. The van der Waals surface area contributed by atoms with E-state index in [1.807, 2.05) is 30.0 Å². The Morgan fingerprint density at radius 3 is 3.00 bits per heavy atom. The van der Waals surface area contributed by atoms with Crippen molar-refractivity contribution in [3.63, 3.8) is 0 Å². The van der Waals surface area contributed by atoms with Gasteiger partial charge in [-0.05, 0) is 30.4 Å². The SMILES string of the molecule is CN(c1cccc(N)c1)C1CCSC1. The zero-order chi connectivity index (χ0) is 9.97. The minimum Gasteiger partial charge on any atom is -0.399 e. The standard InChI is InChI=1S/C11H16N2S/c1-13(11-5-6-14-8-11)10-4-2-3-9(12)7-10/h2-4,7,11H,5-6,8,12H2,1H3. The molecule has 1 atom stereocenters. The van der Waals surface area contributed by atoms with E-state index in [1.165, 1.54) is 23.6 Å². The molecule has 2 rings (SSSR count). The number of benzene rings is 1. The van der Waals surface area contributed by atoms with E-state index in [0.717, 1.165) is 5.69 Å². The smallest absolute Gasteiger partial charge is 0.0387 e. The Balaban J connectivity index is 2.13. The molecule has 0 bridgehead atoms. The molecule has 1 aromatic rings. The predicted octanol–water partition coefficient (Wildman–Crippen LogP) is 2.21. The van der Waals surface area contributed by atoms with Crippen LogP contribution in [0.1, 0.15) is 6.42 Å². The number of anilines is 2. The van der Waals surface area contributed by atoms with Gasteiger partial charge < -0.3 is 10.6 Å². The second-order valence-electron chi connectivity index (χ2n) is 3.72. The first-order valence-corrected chi connectivity index (χ1v) is 6.09. The van der Waals surface area contributed by atoms with Crippen molar-refractivity contribution >= 4 is 23.1 Å². The molecule has 1 heterocycles. The summed E-state index contributed by atoms with van der Waals surface area (Å²) in [5.41, 5.74) is 7.84. The third-order valence-electron chi connectivity index (χ3n) is 2.73. The topological polar surface area (TPSA) is 29.3 Å². The van der Waals surface area contributed by atoms with Crippen LogP contribution in [-0.2, 0) is 0 Å². The molecule has 3 heteroatoms.